The lowest BCUT2D eigenvalue weighted by Crippen LogP contribution is -2.38. The molecule has 19 heteroatoms. The summed E-state index contributed by atoms with van der Waals surface area (Å²) >= 11 is 0. The van der Waals surface area contributed by atoms with E-state index in [0.29, 0.717) is 64.2 Å². The van der Waals surface area contributed by atoms with Crippen LogP contribution in [0.1, 0.15) is 36.1 Å². The van der Waals surface area contributed by atoms with E-state index in [1.165, 1.54) is 0 Å². The highest BCUT2D eigenvalue weighted by molar-refractivity contribution is 5.79. The normalized spacial score (nSPS) is 9.84. The van der Waals surface area contributed by atoms with Gasteiger partial charge in [0.25, 0.3) is 0 Å². The number of nitrogens with zero attached hydrogens (tertiary/aromatic N) is 8. The number of carbonyl (C=O) groups excluding carboxylic acids is 1. The van der Waals surface area contributed by atoms with Gasteiger partial charge in [0.2, 0.25) is 5.91 Å². The largest absolute Gasteiger partial charge is 0.481 e. The highest BCUT2D eigenvalue weighted by atomic mass is 16.6. The average Bonchev–Trinajstić information content (AvgIpc) is 3.65. The van der Waals surface area contributed by atoms with Crippen LogP contribution in [0.5, 0.6) is 0 Å². The molecular weight excluding hydrogens is 730 g/mol. The van der Waals surface area contributed by atoms with Gasteiger partial charge < -0.3 is 39.2 Å². The first-order chi connectivity index (χ1) is 27.2. The zero-order valence-corrected chi connectivity index (χ0v) is 30.2. The van der Waals surface area contributed by atoms with Crippen LogP contribution in [-0.2, 0) is 44.7 Å². The van der Waals surface area contributed by atoms with Gasteiger partial charge in [-0.1, -0.05) is 34.3 Å². The Balaban J connectivity index is 0.000000701. The Morgan fingerprint density at radius 3 is 1.73 bits per heavy atom. The first-order valence-electron chi connectivity index (χ1n) is 16.8. The number of benzene rings is 2. The Hall–Kier alpha value is -6.80. The van der Waals surface area contributed by atoms with Gasteiger partial charge in [-0.3, -0.25) is 14.4 Å². The van der Waals surface area contributed by atoms with Crippen molar-refractivity contribution in [3.63, 3.8) is 0 Å². The lowest BCUT2D eigenvalue weighted by molar-refractivity contribution is -0.139. The topological polar surface area (TPSA) is 277 Å². The number of aromatic nitrogens is 3. The predicted octanol–water partition coefficient (Wildman–Crippen LogP) is 3.05. The molecule has 0 aliphatic carbocycles. The number of azide groups is 1. The number of carboxylic acids is 2. The number of nitrogens with one attached hydrogen (secondary N) is 1. The third-order valence-corrected chi connectivity index (χ3v) is 6.64. The minimum atomic E-state index is -1.19. The highest BCUT2D eigenvalue weighted by Crippen LogP contribution is 2.12. The smallest absolute Gasteiger partial charge is 0.305 e. The molecule has 1 heterocycles. The van der Waals surface area contributed by atoms with Gasteiger partial charge in [0.1, 0.15) is 5.69 Å². The van der Waals surface area contributed by atoms with Gasteiger partial charge >= 0.3 is 11.9 Å². The van der Waals surface area contributed by atoms with E-state index in [2.05, 4.69) is 49.3 Å². The van der Waals surface area contributed by atoms with Crippen LogP contribution in [-0.4, -0.2) is 109 Å². The van der Waals surface area contributed by atoms with Crippen molar-refractivity contribution in [2.45, 2.75) is 31.9 Å². The fourth-order valence-electron chi connectivity index (χ4n) is 4.17. The summed E-state index contributed by atoms with van der Waals surface area (Å²) in [6.45, 7) is 3.26. The molecule has 3 rings (SSSR count). The van der Waals surface area contributed by atoms with E-state index in [4.69, 9.17) is 50.0 Å². The molecule has 1 amide bonds. The molecule has 292 valence electrons. The Morgan fingerprint density at radius 2 is 1.25 bits per heavy atom. The number of hydrogen-bond donors (Lipinski definition) is 3. The van der Waals surface area contributed by atoms with E-state index in [1.807, 2.05) is 12.1 Å². The Bertz CT molecular complexity index is 1910. The molecule has 0 unspecified atom stereocenters. The molecule has 56 heavy (non-hydrogen) atoms. The second-order valence-corrected chi connectivity index (χ2v) is 10.9. The predicted molar refractivity (Wildman–Crippen MR) is 196 cm³/mol. The SMILES string of the molecule is N#CC#Cc1ccc(-n2cc(COCCOCCOCCOCCOCCC(=O)NC(CC(=O)O)CC(=O)O)nn2)cc1.N#CC#Cc1ccc(N=[N+]=[N-])cc1. The number of carboxylic acid groups (broad SMARTS) is 2. The molecule has 3 N–H and O–H groups in total. The lowest BCUT2D eigenvalue weighted by atomic mass is 10.1. The van der Waals surface area contributed by atoms with E-state index < -0.39 is 36.7 Å². The van der Waals surface area contributed by atoms with Crippen LogP contribution in [0.4, 0.5) is 5.69 Å². The Morgan fingerprint density at radius 1 is 0.768 bits per heavy atom. The lowest BCUT2D eigenvalue weighted by Gasteiger charge is -2.14. The zero-order valence-electron chi connectivity index (χ0n) is 30.2. The van der Waals surface area contributed by atoms with Crippen molar-refractivity contribution in [2.75, 3.05) is 59.5 Å². The monoisotopic (exact) mass is 769 g/mol. The number of hydrogen-bond acceptors (Lipinski definition) is 13. The average molecular weight is 770 g/mol. The molecule has 0 saturated carbocycles. The maximum Gasteiger partial charge on any atom is 0.305 e. The third-order valence-electron chi connectivity index (χ3n) is 6.64. The van der Waals surface area contributed by atoms with Gasteiger partial charge in [0.15, 0.2) is 12.1 Å². The summed E-state index contributed by atoms with van der Waals surface area (Å²) in [6, 6.07) is 16.4. The molecule has 0 bridgehead atoms. The van der Waals surface area contributed by atoms with Crippen LogP contribution in [0, 0.1) is 46.3 Å². The summed E-state index contributed by atoms with van der Waals surface area (Å²) in [6.07, 6.45) is 0.806. The number of ether oxygens (including phenoxy) is 5. The molecule has 3 aromatic rings. The molecule has 0 saturated heterocycles. The Labute approximate surface area is 322 Å². The standard InChI is InChI=1S/C28H35N5O10.C9H4N4/c29-8-1-2-22-3-5-25(6-4-22)33-20-24(31-32-33)21-43-17-16-42-15-14-41-13-12-40-11-10-39-9-7-26(34)30-23(18-27(35)36)19-28(37)38;10-7-1-2-8-3-5-9(6-4-8)12-13-11/h3-6,20,23H,7,9-19,21H2,(H,30,34)(H,35,36)(H,37,38);3-6H. The van der Waals surface area contributed by atoms with E-state index in [9.17, 15) is 14.4 Å². The fraction of sp³-hybridized carbons (Fsp3) is 0.378. The molecule has 0 fully saturated rings. The first kappa shape index (κ1) is 45.4. The van der Waals surface area contributed by atoms with Crippen molar-refractivity contribution >= 4 is 23.5 Å². The number of aliphatic carboxylic acids is 2. The van der Waals surface area contributed by atoms with E-state index in [-0.39, 0.29) is 19.6 Å². The molecular formula is C37H39N9O10. The summed E-state index contributed by atoms with van der Waals surface area (Å²) in [5.41, 5.74) is 11.6. The maximum atomic E-state index is 11.8. The van der Waals surface area contributed by atoms with Crippen LogP contribution in [0.2, 0.25) is 0 Å². The molecule has 19 nitrogen and oxygen atoms in total. The number of amides is 1. The van der Waals surface area contributed by atoms with Gasteiger partial charge in [-0.05, 0) is 41.9 Å². The van der Waals surface area contributed by atoms with Crippen molar-refractivity contribution in [3.05, 3.63) is 82.0 Å². The summed E-state index contributed by atoms with van der Waals surface area (Å²) in [7, 11) is 0. The molecule has 0 aliphatic heterocycles. The minimum Gasteiger partial charge on any atom is -0.481 e. The second kappa shape index (κ2) is 28.7. The maximum absolute atomic E-state index is 11.8. The van der Waals surface area contributed by atoms with Crippen molar-refractivity contribution < 1.29 is 48.3 Å². The summed E-state index contributed by atoms with van der Waals surface area (Å²) < 4.78 is 28.7. The second-order valence-electron chi connectivity index (χ2n) is 10.9. The Kier molecular flexibility index (Phi) is 23.2. The third kappa shape index (κ3) is 21.7. The van der Waals surface area contributed by atoms with Crippen molar-refractivity contribution in [2.24, 2.45) is 5.11 Å². The highest BCUT2D eigenvalue weighted by Gasteiger charge is 2.19. The quantitative estimate of drug-likeness (QED) is 0.0388. The zero-order chi connectivity index (χ0) is 40.6. The van der Waals surface area contributed by atoms with E-state index in [0.717, 1.165) is 16.8 Å². The van der Waals surface area contributed by atoms with Crippen molar-refractivity contribution in [1.29, 1.82) is 10.5 Å². The molecule has 0 aliphatic rings. The number of carbonyl (C=O) groups is 3. The van der Waals surface area contributed by atoms with Crippen LogP contribution < -0.4 is 5.32 Å². The minimum absolute atomic E-state index is 0.0245. The van der Waals surface area contributed by atoms with Gasteiger partial charge in [0, 0.05) is 46.0 Å². The number of nitriles is 2. The van der Waals surface area contributed by atoms with Crippen LogP contribution >= 0.6 is 0 Å². The van der Waals surface area contributed by atoms with E-state index >= 15 is 0 Å². The van der Waals surface area contributed by atoms with Gasteiger partial charge in [-0.25, -0.2) is 4.68 Å². The van der Waals surface area contributed by atoms with Gasteiger partial charge in [-0.2, -0.15) is 10.5 Å². The van der Waals surface area contributed by atoms with Crippen molar-refractivity contribution in [1.82, 2.24) is 20.3 Å². The van der Waals surface area contributed by atoms with Gasteiger partial charge in [0.05, 0.1) is 90.8 Å². The molecule has 0 atom stereocenters. The molecule has 0 spiro atoms. The molecule has 1 aromatic heterocycles. The molecule has 0 radical (unpaired) electrons. The summed E-state index contributed by atoms with van der Waals surface area (Å²) in [5, 5.41) is 48.2. The van der Waals surface area contributed by atoms with Gasteiger partial charge in [-0.15, -0.1) is 5.10 Å². The van der Waals surface area contributed by atoms with E-state index in [1.54, 1.807) is 59.4 Å². The van der Waals surface area contributed by atoms with Crippen LogP contribution in [0.3, 0.4) is 0 Å². The number of rotatable bonds is 24. The summed E-state index contributed by atoms with van der Waals surface area (Å²) in [4.78, 5) is 36.0. The van der Waals surface area contributed by atoms with Crippen LogP contribution in [0.15, 0.2) is 59.8 Å². The van der Waals surface area contributed by atoms with Crippen molar-refractivity contribution in [3.8, 4) is 41.5 Å². The fourth-order valence-corrected chi connectivity index (χ4v) is 4.17. The summed E-state index contributed by atoms with van der Waals surface area (Å²) in [5.74, 6) is 7.10. The van der Waals surface area contributed by atoms with Crippen LogP contribution in [0.25, 0.3) is 16.1 Å². The first-order valence-corrected chi connectivity index (χ1v) is 16.8. The molecule has 2 aromatic carbocycles.